The van der Waals surface area contributed by atoms with E-state index in [-0.39, 0.29) is 23.2 Å². The SMILES string of the molecule is CCC1C(=CN(C)C)C(=O)c2noc(C(=O)O)c2C1(C)C. The van der Waals surface area contributed by atoms with Crippen LogP contribution in [0.1, 0.15) is 53.8 Å². The number of aromatic carboxylic acids is 1. The van der Waals surface area contributed by atoms with E-state index in [0.717, 1.165) is 6.42 Å². The lowest BCUT2D eigenvalue weighted by atomic mass is 9.63. The van der Waals surface area contributed by atoms with Crippen LogP contribution in [0.2, 0.25) is 0 Å². The standard InChI is InChI=1S/C15H20N2O4/c1-6-9-8(7-17(4)5)12(18)11-10(15(9,2)3)13(14(19)20)21-16-11/h7,9H,6H2,1-5H3,(H,19,20). The number of carboxylic acid groups (broad SMARTS) is 1. The van der Waals surface area contributed by atoms with Gasteiger partial charge in [-0.3, -0.25) is 4.79 Å². The molecule has 1 aliphatic carbocycles. The minimum atomic E-state index is -1.19. The molecule has 0 aromatic carbocycles. The van der Waals surface area contributed by atoms with Gasteiger partial charge in [0.15, 0.2) is 5.69 Å². The van der Waals surface area contributed by atoms with Crippen LogP contribution in [0, 0.1) is 5.92 Å². The molecule has 1 heterocycles. The lowest BCUT2D eigenvalue weighted by Crippen LogP contribution is -2.39. The van der Waals surface area contributed by atoms with Gasteiger partial charge < -0.3 is 14.5 Å². The minimum absolute atomic E-state index is 0.0857. The van der Waals surface area contributed by atoms with Crippen molar-refractivity contribution < 1.29 is 19.2 Å². The molecule has 0 aliphatic heterocycles. The summed E-state index contributed by atoms with van der Waals surface area (Å²) in [7, 11) is 3.70. The molecule has 0 bridgehead atoms. The van der Waals surface area contributed by atoms with E-state index in [9.17, 15) is 14.7 Å². The molecule has 0 spiro atoms. The summed E-state index contributed by atoms with van der Waals surface area (Å²) in [6.45, 7) is 5.85. The van der Waals surface area contributed by atoms with E-state index in [1.54, 1.807) is 6.20 Å². The maximum atomic E-state index is 12.6. The Hall–Kier alpha value is -2.11. The predicted molar refractivity (Wildman–Crippen MR) is 76.4 cm³/mol. The highest BCUT2D eigenvalue weighted by Crippen LogP contribution is 2.46. The smallest absolute Gasteiger partial charge is 0.375 e. The molecular formula is C15H20N2O4. The second-order valence-electron chi connectivity index (χ2n) is 6.10. The van der Waals surface area contributed by atoms with Gasteiger partial charge in [-0.2, -0.15) is 0 Å². The monoisotopic (exact) mass is 292 g/mol. The number of ketones is 1. The number of carboxylic acids is 1. The van der Waals surface area contributed by atoms with Crippen molar-refractivity contribution in [2.75, 3.05) is 14.1 Å². The van der Waals surface area contributed by atoms with Crippen LogP contribution in [0.5, 0.6) is 0 Å². The Morgan fingerprint density at radius 1 is 1.48 bits per heavy atom. The third kappa shape index (κ3) is 2.24. The lowest BCUT2D eigenvalue weighted by molar-refractivity contribution is 0.0647. The molecule has 1 aromatic heterocycles. The lowest BCUT2D eigenvalue weighted by Gasteiger charge is -2.38. The second-order valence-corrected chi connectivity index (χ2v) is 6.10. The van der Waals surface area contributed by atoms with Crippen molar-refractivity contribution in [3.63, 3.8) is 0 Å². The number of carbonyl (C=O) groups excluding carboxylic acids is 1. The summed E-state index contributed by atoms with van der Waals surface area (Å²) in [6.07, 6.45) is 2.51. The van der Waals surface area contributed by atoms with Crippen molar-refractivity contribution in [2.45, 2.75) is 32.6 Å². The Bertz CT molecular complexity index is 626. The van der Waals surface area contributed by atoms with Crippen molar-refractivity contribution in [1.29, 1.82) is 0 Å². The van der Waals surface area contributed by atoms with Crippen molar-refractivity contribution in [2.24, 2.45) is 5.92 Å². The number of Topliss-reactive ketones (excluding diaryl/α,β-unsaturated/α-hetero) is 1. The van der Waals surface area contributed by atoms with Crippen LogP contribution in [0.15, 0.2) is 16.3 Å². The zero-order valence-corrected chi connectivity index (χ0v) is 12.9. The highest BCUT2D eigenvalue weighted by molar-refractivity contribution is 6.11. The Morgan fingerprint density at radius 3 is 2.57 bits per heavy atom. The first kappa shape index (κ1) is 15.3. The topological polar surface area (TPSA) is 83.6 Å². The molecule has 1 aliphatic rings. The molecule has 1 aromatic rings. The van der Waals surface area contributed by atoms with E-state index in [2.05, 4.69) is 5.16 Å². The number of allylic oxidation sites excluding steroid dienone is 1. The molecule has 1 N–H and O–H groups in total. The fourth-order valence-electron chi connectivity index (χ4n) is 3.20. The van der Waals surface area contributed by atoms with Gasteiger partial charge in [-0.25, -0.2) is 4.79 Å². The van der Waals surface area contributed by atoms with Crippen LogP contribution < -0.4 is 0 Å². The van der Waals surface area contributed by atoms with Gasteiger partial charge in [0.1, 0.15) is 0 Å². The molecule has 0 amide bonds. The van der Waals surface area contributed by atoms with Crippen molar-refractivity contribution in [1.82, 2.24) is 10.1 Å². The quantitative estimate of drug-likeness (QED) is 0.861. The van der Waals surface area contributed by atoms with Gasteiger partial charge in [0.2, 0.25) is 11.5 Å². The van der Waals surface area contributed by atoms with E-state index in [1.807, 2.05) is 39.8 Å². The van der Waals surface area contributed by atoms with Gasteiger partial charge >= 0.3 is 5.97 Å². The molecule has 0 radical (unpaired) electrons. The van der Waals surface area contributed by atoms with Crippen molar-refractivity contribution in [3.05, 3.63) is 28.8 Å². The normalized spacial score (nSPS) is 22.2. The number of rotatable bonds is 3. The fourth-order valence-corrected chi connectivity index (χ4v) is 3.20. The van der Waals surface area contributed by atoms with Gasteiger partial charge in [0.25, 0.3) is 0 Å². The summed E-state index contributed by atoms with van der Waals surface area (Å²) in [5, 5.41) is 13.0. The summed E-state index contributed by atoms with van der Waals surface area (Å²) in [5.41, 5.74) is 0.635. The van der Waals surface area contributed by atoms with E-state index >= 15 is 0 Å². The second kappa shape index (κ2) is 5.02. The average molecular weight is 292 g/mol. The van der Waals surface area contributed by atoms with Crippen LogP contribution >= 0.6 is 0 Å². The van der Waals surface area contributed by atoms with Gasteiger partial charge in [0, 0.05) is 36.8 Å². The van der Waals surface area contributed by atoms with Gasteiger partial charge in [-0.1, -0.05) is 25.9 Å². The summed E-state index contributed by atoms with van der Waals surface area (Å²) in [6, 6.07) is 0. The van der Waals surface area contributed by atoms with E-state index in [0.29, 0.717) is 11.1 Å². The maximum Gasteiger partial charge on any atom is 0.375 e. The third-order valence-corrected chi connectivity index (χ3v) is 4.06. The largest absolute Gasteiger partial charge is 0.475 e. The molecule has 2 rings (SSSR count). The molecule has 1 atom stereocenters. The number of fused-ring (bicyclic) bond motifs is 1. The first-order valence-electron chi connectivity index (χ1n) is 6.88. The Labute approximate surface area is 123 Å². The molecule has 114 valence electrons. The number of hydrogen-bond donors (Lipinski definition) is 1. The van der Waals surface area contributed by atoms with Gasteiger partial charge in [0.05, 0.1) is 0 Å². The highest BCUT2D eigenvalue weighted by atomic mass is 16.5. The van der Waals surface area contributed by atoms with Crippen molar-refractivity contribution in [3.8, 4) is 0 Å². The Kier molecular flexibility index (Phi) is 3.65. The molecule has 21 heavy (non-hydrogen) atoms. The van der Waals surface area contributed by atoms with E-state index in [4.69, 9.17) is 4.52 Å². The van der Waals surface area contributed by atoms with Crippen LogP contribution in [-0.4, -0.2) is 41.0 Å². The van der Waals surface area contributed by atoms with Crippen molar-refractivity contribution >= 4 is 11.8 Å². The van der Waals surface area contributed by atoms with Crippen LogP contribution in [0.4, 0.5) is 0 Å². The van der Waals surface area contributed by atoms with Gasteiger partial charge in [-0.15, -0.1) is 0 Å². The summed E-state index contributed by atoms with van der Waals surface area (Å²) in [5.74, 6) is -1.76. The summed E-state index contributed by atoms with van der Waals surface area (Å²) >= 11 is 0. The van der Waals surface area contributed by atoms with E-state index in [1.165, 1.54) is 0 Å². The maximum absolute atomic E-state index is 12.6. The zero-order chi connectivity index (χ0) is 15.9. The van der Waals surface area contributed by atoms with Crippen LogP contribution in [-0.2, 0) is 5.41 Å². The number of carbonyl (C=O) groups is 2. The Morgan fingerprint density at radius 2 is 2.10 bits per heavy atom. The van der Waals surface area contributed by atoms with Gasteiger partial charge in [-0.05, 0) is 12.3 Å². The average Bonchev–Trinajstić information content (AvgIpc) is 2.81. The summed E-state index contributed by atoms with van der Waals surface area (Å²) in [4.78, 5) is 25.8. The summed E-state index contributed by atoms with van der Waals surface area (Å²) < 4.78 is 4.92. The first-order chi connectivity index (χ1) is 9.71. The third-order valence-electron chi connectivity index (χ3n) is 4.06. The minimum Gasteiger partial charge on any atom is -0.475 e. The molecule has 6 heteroatoms. The number of nitrogens with zero attached hydrogens (tertiary/aromatic N) is 2. The molecule has 1 unspecified atom stereocenters. The molecule has 0 fully saturated rings. The highest BCUT2D eigenvalue weighted by Gasteiger charge is 2.48. The molecule has 6 nitrogen and oxygen atoms in total. The Balaban J connectivity index is 2.73. The zero-order valence-electron chi connectivity index (χ0n) is 12.9. The molecular weight excluding hydrogens is 272 g/mol. The first-order valence-corrected chi connectivity index (χ1v) is 6.88. The van der Waals surface area contributed by atoms with Crippen LogP contribution in [0.25, 0.3) is 0 Å². The predicted octanol–water partition coefficient (Wildman–Crippen LogP) is 2.32. The fraction of sp³-hybridized carbons (Fsp3) is 0.533. The number of aromatic nitrogens is 1. The van der Waals surface area contributed by atoms with Crippen LogP contribution in [0.3, 0.4) is 0 Å². The van der Waals surface area contributed by atoms with E-state index < -0.39 is 11.4 Å². The molecule has 0 saturated carbocycles. The molecule has 0 saturated heterocycles. The number of hydrogen-bond acceptors (Lipinski definition) is 5.